The molecule has 1 fully saturated rings. The van der Waals surface area contributed by atoms with E-state index in [1.54, 1.807) is 13.3 Å². The monoisotopic (exact) mass is 324 g/mol. The Bertz CT molecular complexity index is 895. The van der Waals surface area contributed by atoms with Crippen LogP contribution >= 0.6 is 0 Å². The number of aromatic nitrogens is 3. The van der Waals surface area contributed by atoms with Crippen molar-refractivity contribution >= 4 is 16.8 Å². The summed E-state index contributed by atoms with van der Waals surface area (Å²) in [4.78, 5) is 18.1. The number of methoxy groups -OCH3 is 1. The number of fused-ring (bicyclic) bond motifs is 1. The highest BCUT2D eigenvalue weighted by Gasteiger charge is 2.30. The molecule has 124 valence electrons. The van der Waals surface area contributed by atoms with Gasteiger partial charge in [0, 0.05) is 41.8 Å². The molecule has 4 rings (SSSR count). The first-order valence-corrected chi connectivity index (χ1v) is 8.11. The van der Waals surface area contributed by atoms with Crippen LogP contribution in [0.3, 0.4) is 0 Å². The fourth-order valence-corrected chi connectivity index (χ4v) is 3.52. The first-order chi connectivity index (χ1) is 11.7. The van der Waals surface area contributed by atoms with E-state index in [4.69, 9.17) is 4.74 Å². The van der Waals surface area contributed by atoms with Crippen molar-refractivity contribution in [1.82, 2.24) is 20.1 Å². The smallest absolute Gasteiger partial charge is 0.256 e. The predicted octanol–water partition coefficient (Wildman–Crippen LogP) is 2.84. The zero-order chi connectivity index (χ0) is 16.7. The Hall–Kier alpha value is -2.76. The molecule has 3 heterocycles. The number of hydrogen-bond acceptors (Lipinski definition) is 3. The Morgan fingerprint density at radius 2 is 2.29 bits per heavy atom. The van der Waals surface area contributed by atoms with Gasteiger partial charge < -0.3 is 14.6 Å². The minimum absolute atomic E-state index is 0.0640. The van der Waals surface area contributed by atoms with E-state index in [-0.39, 0.29) is 5.91 Å². The molecule has 1 amide bonds. The third kappa shape index (κ3) is 2.35. The SMILES string of the molecule is COc1ccc2[nH]cc(C(=O)N3CCC(c4[nH]ncc4C)C3)c2c1. The van der Waals surface area contributed by atoms with Gasteiger partial charge in [-0.2, -0.15) is 5.10 Å². The van der Waals surface area contributed by atoms with Crippen LogP contribution in [0, 0.1) is 6.92 Å². The van der Waals surface area contributed by atoms with Crippen LogP contribution in [-0.2, 0) is 0 Å². The Morgan fingerprint density at radius 1 is 1.42 bits per heavy atom. The Morgan fingerprint density at radius 3 is 3.04 bits per heavy atom. The van der Waals surface area contributed by atoms with E-state index in [9.17, 15) is 4.79 Å². The van der Waals surface area contributed by atoms with Crippen molar-refractivity contribution in [2.24, 2.45) is 0 Å². The molecule has 2 aromatic heterocycles. The molecule has 1 unspecified atom stereocenters. The van der Waals surface area contributed by atoms with Crippen LogP contribution < -0.4 is 4.74 Å². The summed E-state index contributed by atoms with van der Waals surface area (Å²) >= 11 is 0. The van der Waals surface area contributed by atoms with Crippen molar-refractivity contribution < 1.29 is 9.53 Å². The Kier molecular flexibility index (Phi) is 3.52. The molecule has 6 nitrogen and oxygen atoms in total. The lowest BCUT2D eigenvalue weighted by Gasteiger charge is -2.16. The molecule has 0 spiro atoms. The van der Waals surface area contributed by atoms with Gasteiger partial charge in [0.25, 0.3) is 5.91 Å². The van der Waals surface area contributed by atoms with Gasteiger partial charge in [-0.1, -0.05) is 0 Å². The van der Waals surface area contributed by atoms with Crippen molar-refractivity contribution in [2.45, 2.75) is 19.3 Å². The number of nitrogens with one attached hydrogen (secondary N) is 2. The largest absolute Gasteiger partial charge is 0.497 e. The topological polar surface area (TPSA) is 74.0 Å². The average molecular weight is 324 g/mol. The molecule has 1 saturated heterocycles. The van der Waals surface area contributed by atoms with E-state index < -0.39 is 0 Å². The summed E-state index contributed by atoms with van der Waals surface area (Å²) in [6.07, 6.45) is 4.59. The lowest BCUT2D eigenvalue weighted by molar-refractivity contribution is 0.0792. The summed E-state index contributed by atoms with van der Waals surface area (Å²) in [6, 6.07) is 5.73. The van der Waals surface area contributed by atoms with E-state index in [2.05, 4.69) is 22.1 Å². The molecule has 1 atom stereocenters. The standard InChI is InChI=1S/C18H20N4O2/c1-11-8-20-21-17(11)12-5-6-22(10-12)18(23)15-9-19-16-4-3-13(24-2)7-14(15)16/h3-4,7-9,12,19H,5-6,10H2,1-2H3,(H,20,21). The fraction of sp³-hybridized carbons (Fsp3) is 0.333. The van der Waals surface area contributed by atoms with Crippen molar-refractivity contribution in [3.05, 3.63) is 47.4 Å². The molecule has 0 aliphatic carbocycles. The van der Waals surface area contributed by atoms with Gasteiger partial charge in [0.15, 0.2) is 0 Å². The van der Waals surface area contributed by atoms with Crippen molar-refractivity contribution in [3.63, 3.8) is 0 Å². The zero-order valence-corrected chi connectivity index (χ0v) is 13.8. The lowest BCUT2D eigenvalue weighted by atomic mass is 10.0. The minimum atomic E-state index is 0.0640. The molecule has 1 aromatic carbocycles. The van der Waals surface area contributed by atoms with Crippen LogP contribution in [0.2, 0.25) is 0 Å². The second-order valence-electron chi connectivity index (χ2n) is 6.32. The summed E-state index contributed by atoms with van der Waals surface area (Å²) in [5.74, 6) is 1.15. The van der Waals surface area contributed by atoms with Crippen LogP contribution in [0.15, 0.2) is 30.6 Å². The van der Waals surface area contributed by atoms with Gasteiger partial charge in [0.2, 0.25) is 0 Å². The summed E-state index contributed by atoms with van der Waals surface area (Å²) < 4.78 is 5.28. The first-order valence-electron chi connectivity index (χ1n) is 8.11. The number of carbonyl (C=O) groups excluding carboxylic acids is 1. The molecule has 0 bridgehead atoms. The van der Waals surface area contributed by atoms with E-state index >= 15 is 0 Å². The summed E-state index contributed by atoms with van der Waals surface area (Å²) in [5, 5.41) is 8.08. The molecule has 2 N–H and O–H groups in total. The highest BCUT2D eigenvalue weighted by molar-refractivity contribution is 6.07. The van der Waals surface area contributed by atoms with E-state index in [1.165, 1.54) is 0 Å². The molecular weight excluding hydrogens is 304 g/mol. The summed E-state index contributed by atoms with van der Waals surface area (Å²) in [6.45, 7) is 3.53. The minimum Gasteiger partial charge on any atom is -0.497 e. The zero-order valence-electron chi connectivity index (χ0n) is 13.8. The van der Waals surface area contributed by atoms with Crippen LogP contribution in [0.25, 0.3) is 10.9 Å². The maximum Gasteiger partial charge on any atom is 0.256 e. The summed E-state index contributed by atoms with van der Waals surface area (Å²) in [5.41, 5.74) is 3.95. The Balaban J connectivity index is 1.59. The van der Waals surface area contributed by atoms with Crippen LogP contribution in [0.5, 0.6) is 5.75 Å². The van der Waals surface area contributed by atoms with E-state index in [0.29, 0.717) is 11.5 Å². The molecular formula is C18H20N4O2. The number of H-pyrrole nitrogens is 2. The number of aryl methyl sites for hydroxylation is 1. The van der Waals surface area contributed by atoms with Crippen LogP contribution in [0.1, 0.15) is 34.0 Å². The highest BCUT2D eigenvalue weighted by atomic mass is 16.5. The van der Waals surface area contributed by atoms with Gasteiger partial charge in [0.1, 0.15) is 5.75 Å². The van der Waals surface area contributed by atoms with Crippen molar-refractivity contribution in [2.75, 3.05) is 20.2 Å². The molecule has 1 aliphatic heterocycles. The molecule has 1 aliphatic rings. The number of rotatable bonds is 3. The van der Waals surface area contributed by atoms with Gasteiger partial charge in [0.05, 0.1) is 18.9 Å². The quantitative estimate of drug-likeness (QED) is 0.778. The van der Waals surface area contributed by atoms with Gasteiger partial charge in [-0.25, -0.2) is 0 Å². The van der Waals surface area contributed by atoms with Crippen molar-refractivity contribution in [1.29, 1.82) is 0 Å². The fourth-order valence-electron chi connectivity index (χ4n) is 3.52. The highest BCUT2D eigenvalue weighted by Crippen LogP contribution is 2.30. The molecule has 6 heteroatoms. The normalized spacial score (nSPS) is 17.6. The maximum absolute atomic E-state index is 13.0. The molecule has 3 aromatic rings. The number of carbonyl (C=O) groups is 1. The van der Waals surface area contributed by atoms with Gasteiger partial charge in [-0.05, 0) is 37.1 Å². The molecule has 0 saturated carbocycles. The van der Waals surface area contributed by atoms with Gasteiger partial charge in [-0.3, -0.25) is 9.89 Å². The Labute approximate surface area is 139 Å². The van der Waals surface area contributed by atoms with Gasteiger partial charge in [-0.15, -0.1) is 0 Å². The van der Waals surface area contributed by atoms with Gasteiger partial charge >= 0.3 is 0 Å². The number of amides is 1. The van der Waals surface area contributed by atoms with E-state index in [1.807, 2.05) is 29.3 Å². The first kappa shape index (κ1) is 14.8. The molecule has 24 heavy (non-hydrogen) atoms. The number of benzene rings is 1. The lowest BCUT2D eigenvalue weighted by Crippen LogP contribution is -2.28. The maximum atomic E-state index is 13.0. The molecule has 0 radical (unpaired) electrons. The van der Waals surface area contributed by atoms with E-state index in [0.717, 1.165) is 47.4 Å². The predicted molar refractivity (Wildman–Crippen MR) is 91.4 cm³/mol. The third-order valence-corrected chi connectivity index (χ3v) is 4.87. The second kappa shape index (κ2) is 5.70. The number of nitrogens with zero attached hydrogens (tertiary/aromatic N) is 2. The number of likely N-dealkylation sites (tertiary alicyclic amines) is 1. The van der Waals surface area contributed by atoms with Crippen LogP contribution in [-0.4, -0.2) is 46.2 Å². The number of aromatic amines is 2. The second-order valence-corrected chi connectivity index (χ2v) is 6.32. The van der Waals surface area contributed by atoms with Crippen molar-refractivity contribution in [3.8, 4) is 5.75 Å². The number of hydrogen-bond donors (Lipinski definition) is 2. The average Bonchev–Trinajstić information content (AvgIpc) is 3.32. The summed E-state index contributed by atoms with van der Waals surface area (Å²) in [7, 11) is 1.63. The third-order valence-electron chi connectivity index (χ3n) is 4.87. The van der Waals surface area contributed by atoms with Crippen LogP contribution in [0.4, 0.5) is 0 Å². The number of ether oxygens (including phenoxy) is 1.